The van der Waals surface area contributed by atoms with Crippen LogP contribution >= 0.6 is 0 Å². The Morgan fingerprint density at radius 2 is 1.88 bits per heavy atom. The molecule has 3 aliphatic rings. The summed E-state index contributed by atoms with van der Waals surface area (Å²) in [4.78, 5) is 4.62. The SMILES string of the molecule is NC(=NCC12CCC(CC1)C2)NC1CCCC1. The number of nitrogens with two attached hydrogens (primary N) is 1. The molecule has 3 aliphatic carbocycles. The fraction of sp³-hybridized carbons (Fsp3) is 0.929. The van der Waals surface area contributed by atoms with Gasteiger partial charge in [-0.25, -0.2) is 0 Å². The number of guanidine groups is 1. The molecule has 0 atom stereocenters. The molecule has 3 N–H and O–H groups in total. The second-order valence-corrected chi connectivity index (χ2v) is 6.47. The van der Waals surface area contributed by atoms with E-state index in [1.165, 1.54) is 57.8 Å². The van der Waals surface area contributed by atoms with Gasteiger partial charge in [-0.15, -0.1) is 0 Å². The van der Waals surface area contributed by atoms with Gasteiger partial charge in [-0.3, -0.25) is 4.99 Å². The third-order valence-corrected chi connectivity index (χ3v) is 5.18. The minimum Gasteiger partial charge on any atom is -0.370 e. The van der Waals surface area contributed by atoms with Crippen LogP contribution in [0, 0.1) is 11.3 Å². The summed E-state index contributed by atoms with van der Waals surface area (Å²) in [7, 11) is 0. The van der Waals surface area contributed by atoms with E-state index in [1.807, 2.05) is 0 Å². The maximum atomic E-state index is 6.00. The molecule has 0 aromatic heterocycles. The van der Waals surface area contributed by atoms with E-state index in [9.17, 15) is 0 Å². The molecule has 3 rings (SSSR count). The van der Waals surface area contributed by atoms with Gasteiger partial charge in [0.1, 0.15) is 0 Å². The Morgan fingerprint density at radius 1 is 1.18 bits per heavy atom. The Bertz CT molecular complexity index is 297. The van der Waals surface area contributed by atoms with Crippen LogP contribution in [0.25, 0.3) is 0 Å². The summed E-state index contributed by atoms with van der Waals surface area (Å²) in [5.41, 5.74) is 6.53. The number of rotatable bonds is 3. The van der Waals surface area contributed by atoms with E-state index in [0.717, 1.165) is 12.5 Å². The molecule has 0 spiro atoms. The van der Waals surface area contributed by atoms with Crippen LogP contribution in [0.1, 0.15) is 57.8 Å². The number of hydrogen-bond donors (Lipinski definition) is 2. The molecule has 0 radical (unpaired) electrons. The quantitative estimate of drug-likeness (QED) is 0.583. The van der Waals surface area contributed by atoms with Crippen molar-refractivity contribution in [2.45, 2.75) is 63.8 Å². The van der Waals surface area contributed by atoms with E-state index < -0.39 is 0 Å². The van der Waals surface area contributed by atoms with E-state index in [0.29, 0.717) is 17.4 Å². The lowest BCUT2D eigenvalue weighted by Gasteiger charge is -2.24. The zero-order valence-electron chi connectivity index (χ0n) is 10.8. The Morgan fingerprint density at radius 3 is 2.47 bits per heavy atom. The lowest BCUT2D eigenvalue weighted by Crippen LogP contribution is -2.39. The summed E-state index contributed by atoms with van der Waals surface area (Å²) >= 11 is 0. The minimum absolute atomic E-state index is 0.534. The number of aliphatic imine (C=N–C) groups is 1. The van der Waals surface area contributed by atoms with E-state index in [-0.39, 0.29) is 0 Å². The topological polar surface area (TPSA) is 50.4 Å². The highest BCUT2D eigenvalue weighted by atomic mass is 15.1. The lowest BCUT2D eigenvalue weighted by atomic mass is 9.84. The molecule has 0 amide bonds. The third kappa shape index (κ3) is 2.43. The van der Waals surface area contributed by atoms with Crippen molar-refractivity contribution in [1.82, 2.24) is 5.32 Å². The van der Waals surface area contributed by atoms with Crippen LogP contribution in [-0.2, 0) is 0 Å². The minimum atomic E-state index is 0.534. The van der Waals surface area contributed by atoms with E-state index >= 15 is 0 Å². The summed E-state index contributed by atoms with van der Waals surface area (Å²) in [6.07, 6.45) is 12.3. The van der Waals surface area contributed by atoms with Gasteiger partial charge in [-0.05, 0) is 56.3 Å². The van der Waals surface area contributed by atoms with Crippen molar-refractivity contribution in [3.63, 3.8) is 0 Å². The Hall–Kier alpha value is -0.730. The highest BCUT2D eigenvalue weighted by molar-refractivity contribution is 5.78. The highest BCUT2D eigenvalue weighted by Crippen LogP contribution is 2.54. The first-order valence-corrected chi connectivity index (χ1v) is 7.32. The van der Waals surface area contributed by atoms with Crippen molar-refractivity contribution in [2.24, 2.45) is 22.1 Å². The first kappa shape index (κ1) is 11.4. The molecule has 0 aromatic rings. The Balaban J connectivity index is 1.51. The average Bonchev–Trinajstić information content (AvgIpc) is 3.03. The van der Waals surface area contributed by atoms with Gasteiger partial charge in [-0.1, -0.05) is 12.8 Å². The third-order valence-electron chi connectivity index (χ3n) is 5.18. The molecule has 0 aromatic carbocycles. The molecule has 17 heavy (non-hydrogen) atoms. The van der Waals surface area contributed by atoms with Crippen molar-refractivity contribution in [1.29, 1.82) is 0 Å². The van der Waals surface area contributed by atoms with E-state index in [1.54, 1.807) is 0 Å². The van der Waals surface area contributed by atoms with Crippen molar-refractivity contribution < 1.29 is 0 Å². The van der Waals surface area contributed by atoms with E-state index in [4.69, 9.17) is 5.73 Å². The maximum Gasteiger partial charge on any atom is 0.188 e. The summed E-state index contributed by atoms with van der Waals surface area (Å²) in [5, 5.41) is 3.39. The van der Waals surface area contributed by atoms with Crippen molar-refractivity contribution in [3.05, 3.63) is 0 Å². The van der Waals surface area contributed by atoms with Gasteiger partial charge >= 0.3 is 0 Å². The van der Waals surface area contributed by atoms with Crippen LogP contribution in [0.3, 0.4) is 0 Å². The number of nitrogens with one attached hydrogen (secondary N) is 1. The Labute approximate surface area is 104 Å². The highest BCUT2D eigenvalue weighted by Gasteiger charge is 2.44. The van der Waals surface area contributed by atoms with Crippen LogP contribution in [0.4, 0.5) is 0 Å². The monoisotopic (exact) mass is 235 g/mol. The molecule has 3 fully saturated rings. The van der Waals surface area contributed by atoms with Gasteiger partial charge in [0.2, 0.25) is 0 Å². The van der Waals surface area contributed by atoms with Crippen molar-refractivity contribution in [2.75, 3.05) is 6.54 Å². The summed E-state index contributed by atoms with van der Waals surface area (Å²) < 4.78 is 0. The summed E-state index contributed by atoms with van der Waals surface area (Å²) in [6, 6.07) is 0.594. The fourth-order valence-electron chi connectivity index (χ4n) is 4.11. The van der Waals surface area contributed by atoms with E-state index in [2.05, 4.69) is 10.3 Å². The lowest BCUT2D eigenvalue weighted by molar-refractivity contribution is 0.307. The van der Waals surface area contributed by atoms with Gasteiger partial charge in [-0.2, -0.15) is 0 Å². The maximum absolute atomic E-state index is 6.00. The number of nitrogens with zero attached hydrogens (tertiary/aromatic N) is 1. The zero-order chi connectivity index (χ0) is 11.7. The number of hydrogen-bond acceptors (Lipinski definition) is 1. The Kier molecular flexibility index (Phi) is 3.01. The predicted octanol–water partition coefficient (Wildman–Crippen LogP) is 2.41. The first-order chi connectivity index (χ1) is 8.26. The predicted molar refractivity (Wildman–Crippen MR) is 70.9 cm³/mol. The van der Waals surface area contributed by atoms with Gasteiger partial charge in [0.15, 0.2) is 5.96 Å². The molecule has 0 unspecified atom stereocenters. The normalized spacial score (nSPS) is 37.9. The molecule has 3 saturated carbocycles. The van der Waals surface area contributed by atoms with Crippen LogP contribution in [0.2, 0.25) is 0 Å². The standard InChI is InChI=1S/C14H25N3/c15-13(17-12-3-1-2-4-12)16-10-14-7-5-11(9-14)6-8-14/h11-12H,1-10H2,(H3,15,16,17). The average molecular weight is 235 g/mol. The smallest absolute Gasteiger partial charge is 0.188 e. The van der Waals surface area contributed by atoms with Crippen LogP contribution in [-0.4, -0.2) is 18.5 Å². The fourth-order valence-corrected chi connectivity index (χ4v) is 4.11. The zero-order valence-corrected chi connectivity index (χ0v) is 10.8. The van der Waals surface area contributed by atoms with Gasteiger partial charge in [0.05, 0.1) is 0 Å². The molecule has 3 heteroatoms. The largest absolute Gasteiger partial charge is 0.370 e. The molecule has 96 valence electrons. The van der Waals surface area contributed by atoms with Crippen LogP contribution < -0.4 is 11.1 Å². The first-order valence-electron chi connectivity index (χ1n) is 7.32. The second-order valence-electron chi connectivity index (χ2n) is 6.47. The van der Waals surface area contributed by atoms with Crippen LogP contribution in [0.15, 0.2) is 4.99 Å². The molecular weight excluding hydrogens is 210 g/mol. The van der Waals surface area contributed by atoms with Crippen molar-refractivity contribution in [3.8, 4) is 0 Å². The summed E-state index contributed by atoms with van der Waals surface area (Å²) in [6.45, 7) is 0.967. The molecule has 0 heterocycles. The van der Waals surface area contributed by atoms with Crippen LogP contribution in [0.5, 0.6) is 0 Å². The number of fused-ring (bicyclic) bond motifs is 2. The molecule has 0 saturated heterocycles. The van der Waals surface area contributed by atoms with Gasteiger partial charge in [0.25, 0.3) is 0 Å². The molecule has 2 bridgehead atoms. The van der Waals surface area contributed by atoms with Gasteiger partial charge in [0, 0.05) is 12.6 Å². The second kappa shape index (κ2) is 4.51. The molecule has 3 nitrogen and oxygen atoms in total. The molecular formula is C14H25N3. The van der Waals surface area contributed by atoms with Crippen molar-refractivity contribution >= 4 is 5.96 Å². The summed E-state index contributed by atoms with van der Waals surface area (Å²) in [5.74, 6) is 1.70. The van der Waals surface area contributed by atoms with Gasteiger partial charge < -0.3 is 11.1 Å². The molecule has 0 aliphatic heterocycles.